The van der Waals surface area contributed by atoms with Gasteiger partial charge in [0.1, 0.15) is 5.58 Å². The number of benzene rings is 2. The third-order valence-corrected chi connectivity index (χ3v) is 6.69. The fraction of sp³-hybridized carbons (Fsp3) is 0.286. The van der Waals surface area contributed by atoms with Crippen molar-refractivity contribution in [3.8, 4) is 0 Å². The van der Waals surface area contributed by atoms with Crippen LogP contribution in [0.15, 0.2) is 62.6 Å². The summed E-state index contributed by atoms with van der Waals surface area (Å²) in [5.41, 5.74) is -0.00210. The maximum Gasteiger partial charge on any atom is 0.363 e. The van der Waals surface area contributed by atoms with Crippen LogP contribution in [0.5, 0.6) is 0 Å². The summed E-state index contributed by atoms with van der Waals surface area (Å²) in [6.07, 6.45) is 5.31. The summed E-state index contributed by atoms with van der Waals surface area (Å²) in [6.45, 7) is 0. The molecule has 1 saturated carbocycles. The molecule has 0 radical (unpaired) electrons. The van der Waals surface area contributed by atoms with Gasteiger partial charge in [0.25, 0.3) is 10.0 Å². The van der Waals surface area contributed by atoms with Gasteiger partial charge in [-0.3, -0.25) is 4.72 Å². The van der Waals surface area contributed by atoms with Crippen molar-refractivity contribution in [1.29, 1.82) is 0 Å². The summed E-state index contributed by atoms with van der Waals surface area (Å²) in [4.78, 5) is 12.7. The Kier molecular flexibility index (Phi) is 5.52. The lowest BCUT2D eigenvalue weighted by Gasteiger charge is -2.25. The Morgan fingerprint density at radius 3 is 2.48 bits per heavy atom. The smallest absolute Gasteiger partial charge is 0.363 e. The lowest BCUT2D eigenvalue weighted by Crippen LogP contribution is -2.26. The predicted octanol–water partition coefficient (Wildman–Crippen LogP) is 4.99. The molecule has 1 fully saturated rings. The average molecular weight is 433 g/mol. The van der Waals surface area contributed by atoms with Crippen molar-refractivity contribution in [2.24, 2.45) is 0 Å². The highest BCUT2D eigenvalue weighted by Gasteiger charge is 2.24. The molecule has 1 aromatic heterocycles. The average Bonchev–Trinajstić information content (AvgIpc) is 2.71. The topological polar surface area (TPSA) is 88.4 Å². The van der Waals surface area contributed by atoms with Gasteiger partial charge in [0.05, 0.1) is 10.6 Å². The van der Waals surface area contributed by atoms with E-state index >= 15 is 0 Å². The third kappa shape index (κ3) is 4.26. The fourth-order valence-corrected chi connectivity index (χ4v) is 5.04. The van der Waals surface area contributed by atoms with Gasteiger partial charge in [-0.15, -0.1) is 0 Å². The molecular formula is C21H21ClN2O4S. The van der Waals surface area contributed by atoms with Crippen molar-refractivity contribution in [1.82, 2.24) is 0 Å². The van der Waals surface area contributed by atoms with Crippen LogP contribution in [0.1, 0.15) is 32.1 Å². The summed E-state index contributed by atoms with van der Waals surface area (Å²) in [6, 6.07) is 13.1. The quantitative estimate of drug-likeness (QED) is 0.554. The van der Waals surface area contributed by atoms with Crippen LogP contribution < -0.4 is 15.7 Å². The molecule has 1 aliphatic carbocycles. The Morgan fingerprint density at radius 1 is 0.966 bits per heavy atom. The normalized spacial score (nSPS) is 15.3. The number of fused-ring (bicyclic) bond motifs is 1. The molecule has 4 rings (SSSR count). The molecule has 152 valence electrons. The molecule has 3 aromatic rings. The maximum atomic E-state index is 12.9. The molecule has 0 atom stereocenters. The van der Waals surface area contributed by atoms with Crippen LogP contribution in [0.3, 0.4) is 0 Å². The summed E-state index contributed by atoms with van der Waals surface area (Å²) < 4.78 is 33.6. The van der Waals surface area contributed by atoms with Gasteiger partial charge in [0, 0.05) is 16.5 Å². The minimum absolute atomic E-state index is 0.0267. The van der Waals surface area contributed by atoms with Gasteiger partial charge < -0.3 is 9.73 Å². The van der Waals surface area contributed by atoms with Gasteiger partial charge in [-0.05, 0) is 43.2 Å². The molecule has 0 bridgehead atoms. The van der Waals surface area contributed by atoms with Crippen LogP contribution in [0, 0.1) is 0 Å². The number of sulfonamides is 1. The van der Waals surface area contributed by atoms with E-state index in [1.54, 1.807) is 30.3 Å². The first-order chi connectivity index (χ1) is 13.9. The monoisotopic (exact) mass is 432 g/mol. The van der Waals surface area contributed by atoms with Crippen LogP contribution in [0.4, 0.5) is 11.4 Å². The maximum absolute atomic E-state index is 12.9. The predicted molar refractivity (Wildman–Crippen MR) is 115 cm³/mol. The molecule has 0 amide bonds. The number of rotatable bonds is 5. The van der Waals surface area contributed by atoms with Gasteiger partial charge >= 0.3 is 5.63 Å². The van der Waals surface area contributed by atoms with E-state index in [-0.39, 0.29) is 16.6 Å². The van der Waals surface area contributed by atoms with E-state index in [2.05, 4.69) is 10.0 Å². The largest absolute Gasteiger partial charge is 0.421 e. The van der Waals surface area contributed by atoms with E-state index in [9.17, 15) is 13.2 Å². The highest BCUT2D eigenvalue weighted by Crippen LogP contribution is 2.33. The Bertz CT molecular complexity index is 1200. The SMILES string of the molecule is O=c1oc2ccccc2c(NC2CCCCC2)c1NS(=O)(=O)c1cccc(Cl)c1. The Balaban J connectivity index is 1.81. The van der Waals surface area contributed by atoms with Crippen LogP contribution in [0.2, 0.25) is 5.02 Å². The van der Waals surface area contributed by atoms with E-state index in [0.29, 0.717) is 21.7 Å². The third-order valence-electron chi connectivity index (χ3n) is 5.11. The molecule has 8 heteroatoms. The first-order valence-corrected chi connectivity index (χ1v) is 11.4. The van der Waals surface area contributed by atoms with Crippen molar-refractivity contribution in [2.45, 2.75) is 43.0 Å². The number of nitrogens with one attached hydrogen (secondary N) is 2. The molecule has 2 aromatic carbocycles. The second-order valence-corrected chi connectivity index (χ2v) is 9.30. The lowest BCUT2D eigenvalue weighted by atomic mass is 9.95. The summed E-state index contributed by atoms with van der Waals surface area (Å²) >= 11 is 5.94. The van der Waals surface area contributed by atoms with Crippen molar-refractivity contribution in [2.75, 3.05) is 10.0 Å². The molecule has 29 heavy (non-hydrogen) atoms. The molecule has 6 nitrogen and oxygen atoms in total. The molecule has 1 aliphatic rings. The minimum atomic E-state index is -4.02. The van der Waals surface area contributed by atoms with Crippen molar-refractivity contribution in [3.63, 3.8) is 0 Å². The summed E-state index contributed by atoms with van der Waals surface area (Å²) in [5.74, 6) is 0. The molecule has 1 heterocycles. The highest BCUT2D eigenvalue weighted by molar-refractivity contribution is 7.92. The Hall–Kier alpha value is -2.51. The number of anilines is 2. The van der Waals surface area contributed by atoms with Gasteiger partial charge in [0.15, 0.2) is 5.69 Å². The van der Waals surface area contributed by atoms with Crippen molar-refractivity contribution in [3.05, 3.63) is 64.0 Å². The Labute approximate surface area is 173 Å². The van der Waals surface area contributed by atoms with E-state index in [1.807, 2.05) is 6.07 Å². The van der Waals surface area contributed by atoms with E-state index < -0.39 is 15.6 Å². The number of para-hydroxylation sites is 1. The van der Waals surface area contributed by atoms with Crippen molar-refractivity contribution < 1.29 is 12.8 Å². The van der Waals surface area contributed by atoms with E-state index in [1.165, 1.54) is 18.6 Å². The standard InChI is InChI=1S/C21H21ClN2O4S/c22-14-7-6-10-16(13-14)29(26,27)24-20-19(23-15-8-2-1-3-9-15)17-11-4-5-12-18(17)28-21(20)25/h4-7,10-13,15,23-24H,1-3,8-9H2. The first kappa shape index (κ1) is 19.8. The lowest BCUT2D eigenvalue weighted by molar-refractivity contribution is 0.462. The zero-order chi connectivity index (χ0) is 20.4. The second-order valence-electron chi connectivity index (χ2n) is 7.18. The van der Waals surface area contributed by atoms with Gasteiger partial charge in [0.2, 0.25) is 0 Å². The summed E-state index contributed by atoms with van der Waals surface area (Å²) in [5, 5.41) is 4.35. The number of hydrogen-bond acceptors (Lipinski definition) is 5. The molecule has 0 spiro atoms. The summed E-state index contributed by atoms with van der Waals surface area (Å²) in [7, 11) is -4.02. The van der Waals surface area contributed by atoms with Gasteiger partial charge in [-0.2, -0.15) is 0 Å². The van der Waals surface area contributed by atoms with E-state index in [0.717, 1.165) is 25.7 Å². The second kappa shape index (κ2) is 8.08. The molecule has 0 saturated heterocycles. The number of halogens is 1. The fourth-order valence-electron chi connectivity index (χ4n) is 3.67. The first-order valence-electron chi connectivity index (χ1n) is 9.55. The van der Waals surface area contributed by atoms with Crippen LogP contribution in [-0.4, -0.2) is 14.5 Å². The van der Waals surface area contributed by atoms with Gasteiger partial charge in [-0.25, -0.2) is 13.2 Å². The molecule has 2 N–H and O–H groups in total. The van der Waals surface area contributed by atoms with Gasteiger partial charge in [-0.1, -0.05) is 49.1 Å². The van der Waals surface area contributed by atoms with E-state index in [4.69, 9.17) is 16.0 Å². The van der Waals surface area contributed by atoms with Crippen LogP contribution >= 0.6 is 11.6 Å². The zero-order valence-electron chi connectivity index (χ0n) is 15.7. The van der Waals surface area contributed by atoms with Crippen molar-refractivity contribution >= 4 is 44.0 Å². The number of hydrogen-bond donors (Lipinski definition) is 2. The Morgan fingerprint density at radius 2 is 1.72 bits per heavy atom. The highest BCUT2D eigenvalue weighted by atomic mass is 35.5. The molecule has 0 aliphatic heterocycles. The minimum Gasteiger partial charge on any atom is -0.421 e. The molecule has 0 unspecified atom stereocenters. The zero-order valence-corrected chi connectivity index (χ0v) is 17.2. The van der Waals surface area contributed by atoms with Crippen LogP contribution in [0.25, 0.3) is 11.0 Å². The molecular weight excluding hydrogens is 412 g/mol. The van der Waals surface area contributed by atoms with Crippen LogP contribution in [-0.2, 0) is 10.0 Å².